The summed E-state index contributed by atoms with van der Waals surface area (Å²) in [4.78, 5) is 21.6. The molecule has 2 aliphatic rings. The van der Waals surface area contributed by atoms with Crippen LogP contribution in [0.4, 0.5) is 4.39 Å². The second-order valence-corrected chi connectivity index (χ2v) is 8.48. The highest BCUT2D eigenvalue weighted by Crippen LogP contribution is 2.41. The number of rotatable bonds is 4. The van der Waals surface area contributed by atoms with Crippen molar-refractivity contribution in [3.05, 3.63) is 81.9 Å². The summed E-state index contributed by atoms with van der Waals surface area (Å²) in [5.41, 5.74) is 3.96. The Bertz CT molecular complexity index is 1390. The van der Waals surface area contributed by atoms with Crippen LogP contribution in [0.1, 0.15) is 35.8 Å². The minimum Gasteiger partial charge on any atom is -0.487 e. The fraction of sp³-hybridized carbons (Fsp3) is 0.292. The third-order valence-corrected chi connectivity index (χ3v) is 6.53. The number of fused-ring (bicyclic) bond motifs is 6. The van der Waals surface area contributed by atoms with E-state index < -0.39 is 5.82 Å². The van der Waals surface area contributed by atoms with Crippen molar-refractivity contribution in [3.8, 4) is 11.6 Å². The van der Waals surface area contributed by atoms with Crippen molar-refractivity contribution in [2.45, 2.75) is 38.0 Å². The lowest BCUT2D eigenvalue weighted by Gasteiger charge is -2.22. The van der Waals surface area contributed by atoms with Crippen LogP contribution in [0, 0.1) is 5.82 Å². The van der Waals surface area contributed by atoms with Gasteiger partial charge in [0.15, 0.2) is 0 Å². The monoisotopic (exact) mass is 431 g/mol. The first-order valence-electron chi connectivity index (χ1n) is 10.8. The molecule has 162 valence electrons. The minimum atomic E-state index is -0.399. The van der Waals surface area contributed by atoms with E-state index in [0.29, 0.717) is 29.3 Å². The molecule has 1 fully saturated rings. The summed E-state index contributed by atoms with van der Waals surface area (Å²) in [6, 6.07) is 10.9. The van der Waals surface area contributed by atoms with E-state index in [1.54, 1.807) is 18.3 Å². The van der Waals surface area contributed by atoms with Gasteiger partial charge < -0.3 is 14.6 Å². The maximum atomic E-state index is 13.0. The number of ether oxygens (including phenoxy) is 1. The zero-order valence-electron chi connectivity index (χ0n) is 17.6. The van der Waals surface area contributed by atoms with Crippen molar-refractivity contribution in [2.24, 2.45) is 7.05 Å². The molecule has 2 unspecified atom stereocenters. The smallest absolute Gasteiger partial charge is 0.259 e. The summed E-state index contributed by atoms with van der Waals surface area (Å²) in [6.07, 6.45) is 6.20. The van der Waals surface area contributed by atoms with Crippen molar-refractivity contribution < 1.29 is 9.13 Å². The molecule has 6 heterocycles. The molecule has 0 aromatic carbocycles. The fourth-order valence-electron chi connectivity index (χ4n) is 4.97. The first-order valence-corrected chi connectivity index (χ1v) is 10.8. The number of nitrogens with zero attached hydrogens (tertiary/aromatic N) is 4. The number of halogens is 1. The van der Waals surface area contributed by atoms with E-state index >= 15 is 0 Å². The van der Waals surface area contributed by atoms with Gasteiger partial charge in [-0.1, -0.05) is 0 Å². The molecule has 0 radical (unpaired) electrons. The minimum absolute atomic E-state index is 0.152. The van der Waals surface area contributed by atoms with Gasteiger partial charge in [0.2, 0.25) is 0 Å². The third-order valence-electron chi connectivity index (χ3n) is 6.53. The van der Waals surface area contributed by atoms with Crippen LogP contribution in [0.25, 0.3) is 16.9 Å². The van der Waals surface area contributed by atoms with Crippen LogP contribution < -0.4 is 15.6 Å². The summed E-state index contributed by atoms with van der Waals surface area (Å²) < 4.78 is 22.3. The van der Waals surface area contributed by atoms with E-state index in [2.05, 4.69) is 28.0 Å². The predicted molar refractivity (Wildman–Crippen MR) is 117 cm³/mol. The van der Waals surface area contributed by atoms with Crippen LogP contribution >= 0.6 is 0 Å². The van der Waals surface area contributed by atoms with Gasteiger partial charge in [-0.2, -0.15) is 0 Å². The maximum Gasteiger partial charge on any atom is 0.259 e. The van der Waals surface area contributed by atoms with E-state index in [1.165, 1.54) is 34.4 Å². The number of hydrogen-bond donors (Lipinski definition) is 1. The van der Waals surface area contributed by atoms with Crippen LogP contribution in [0.15, 0.2) is 53.6 Å². The molecule has 2 atom stereocenters. The number of hydrogen-bond acceptors (Lipinski definition) is 5. The lowest BCUT2D eigenvalue weighted by molar-refractivity contribution is 0.300. The number of aryl methyl sites for hydroxylation is 1. The molecule has 4 aromatic rings. The number of aromatic nitrogens is 4. The van der Waals surface area contributed by atoms with Crippen LogP contribution in [0.2, 0.25) is 0 Å². The predicted octanol–water partition coefficient (Wildman–Crippen LogP) is 3.19. The normalized spacial score (nSPS) is 19.3. The molecule has 2 aliphatic heterocycles. The van der Waals surface area contributed by atoms with Crippen molar-refractivity contribution in [3.63, 3.8) is 0 Å². The van der Waals surface area contributed by atoms with Crippen LogP contribution in [0.5, 0.6) is 5.75 Å². The Morgan fingerprint density at radius 1 is 1.22 bits per heavy atom. The first-order chi connectivity index (χ1) is 15.6. The van der Waals surface area contributed by atoms with Crippen LogP contribution in [0.3, 0.4) is 0 Å². The van der Waals surface area contributed by atoms with Crippen molar-refractivity contribution in [2.75, 3.05) is 0 Å². The fourth-order valence-corrected chi connectivity index (χ4v) is 4.97. The molecule has 1 N–H and O–H groups in total. The van der Waals surface area contributed by atoms with Crippen LogP contribution in [-0.2, 0) is 20.1 Å². The van der Waals surface area contributed by atoms with Crippen molar-refractivity contribution in [1.29, 1.82) is 0 Å². The Balaban J connectivity index is 1.30. The molecule has 32 heavy (non-hydrogen) atoms. The summed E-state index contributed by atoms with van der Waals surface area (Å²) in [5.74, 6) is 0.601. The average molecular weight is 431 g/mol. The largest absolute Gasteiger partial charge is 0.487 e. The molecule has 4 aromatic heterocycles. The lowest BCUT2D eigenvalue weighted by atomic mass is 10.00. The average Bonchev–Trinajstić information content (AvgIpc) is 3.31. The molecule has 8 heteroatoms. The molecule has 7 nitrogen and oxygen atoms in total. The molecule has 1 saturated heterocycles. The molecule has 2 bridgehead atoms. The standard InChI is InChI=1S/C24H22FN5O2/c1-29-20-10-15-4-6-19(27-15)23(20)18-5-7-21(28-24(18)29)30-9-8-17(11-22(30)31)32-13-16-3-2-14(25)12-26-16/h2-3,5,7-9,11-12,15,19,27H,4,6,10,13H2,1H3. The van der Waals surface area contributed by atoms with Gasteiger partial charge in [0, 0.05) is 48.9 Å². The molecule has 0 spiro atoms. The quantitative estimate of drug-likeness (QED) is 0.537. The SMILES string of the molecule is Cn1c2c(c3ccc(-n4ccc(OCc5ccc(F)cn5)cc4=O)nc31)C1CCC(C2)N1. The topological polar surface area (TPSA) is 74.0 Å². The van der Waals surface area contributed by atoms with Gasteiger partial charge in [-0.15, -0.1) is 0 Å². The zero-order chi connectivity index (χ0) is 21.8. The Kier molecular flexibility index (Phi) is 4.36. The van der Waals surface area contributed by atoms with Gasteiger partial charge in [-0.3, -0.25) is 14.3 Å². The van der Waals surface area contributed by atoms with Gasteiger partial charge in [0.1, 0.15) is 29.6 Å². The molecular weight excluding hydrogens is 409 g/mol. The second kappa shape index (κ2) is 7.27. The summed E-state index contributed by atoms with van der Waals surface area (Å²) in [6.45, 7) is 0.152. The first kappa shape index (κ1) is 19.2. The van der Waals surface area contributed by atoms with E-state index in [9.17, 15) is 9.18 Å². The Hall–Kier alpha value is -3.52. The third kappa shape index (κ3) is 3.10. The van der Waals surface area contributed by atoms with Gasteiger partial charge in [-0.25, -0.2) is 9.37 Å². The highest BCUT2D eigenvalue weighted by atomic mass is 19.1. The van der Waals surface area contributed by atoms with Gasteiger partial charge in [0.25, 0.3) is 5.56 Å². The van der Waals surface area contributed by atoms with Gasteiger partial charge in [0.05, 0.1) is 11.9 Å². The maximum absolute atomic E-state index is 13.0. The van der Waals surface area contributed by atoms with Crippen molar-refractivity contribution >= 4 is 11.0 Å². The Morgan fingerprint density at radius 3 is 2.94 bits per heavy atom. The highest BCUT2D eigenvalue weighted by molar-refractivity contribution is 5.84. The Morgan fingerprint density at radius 2 is 2.12 bits per heavy atom. The summed E-state index contributed by atoms with van der Waals surface area (Å²) in [5, 5.41) is 4.86. The molecular formula is C24H22FN5O2. The van der Waals surface area contributed by atoms with E-state index in [0.717, 1.165) is 30.1 Å². The van der Waals surface area contributed by atoms with Crippen molar-refractivity contribution in [1.82, 2.24) is 24.4 Å². The van der Waals surface area contributed by atoms with Crippen LogP contribution in [-0.4, -0.2) is 25.1 Å². The lowest BCUT2D eigenvalue weighted by Crippen LogP contribution is -2.32. The van der Waals surface area contributed by atoms with E-state index in [1.807, 2.05) is 6.07 Å². The molecule has 0 saturated carbocycles. The Labute approximate surface area is 183 Å². The summed E-state index contributed by atoms with van der Waals surface area (Å²) >= 11 is 0. The van der Waals surface area contributed by atoms with E-state index in [4.69, 9.17) is 9.72 Å². The molecule has 0 aliphatic carbocycles. The highest BCUT2D eigenvalue weighted by Gasteiger charge is 2.36. The van der Waals surface area contributed by atoms with E-state index in [-0.39, 0.29) is 12.2 Å². The second-order valence-electron chi connectivity index (χ2n) is 8.48. The molecule has 0 amide bonds. The van der Waals surface area contributed by atoms with Gasteiger partial charge in [-0.05, 0) is 48.7 Å². The van der Waals surface area contributed by atoms with Gasteiger partial charge >= 0.3 is 0 Å². The molecule has 6 rings (SSSR count). The summed E-state index contributed by atoms with van der Waals surface area (Å²) in [7, 11) is 2.06. The number of nitrogens with one attached hydrogen (secondary N) is 1. The zero-order valence-corrected chi connectivity index (χ0v) is 17.6. The number of pyridine rings is 3.